The first-order valence-electron chi connectivity index (χ1n) is 11.2. The minimum Gasteiger partial charge on any atom is -0.494 e. The first-order chi connectivity index (χ1) is 16.8. The fourth-order valence-corrected chi connectivity index (χ4v) is 6.59. The molecular weight excluding hydrogens is 492 g/mol. The Balaban J connectivity index is 1.24. The third-order valence-electron chi connectivity index (χ3n) is 6.13. The predicted octanol–water partition coefficient (Wildman–Crippen LogP) is 3.18. The van der Waals surface area contributed by atoms with Crippen LogP contribution in [-0.2, 0) is 21.9 Å². The Morgan fingerprint density at radius 2 is 2.00 bits per heavy atom. The van der Waals surface area contributed by atoms with E-state index in [1.807, 2.05) is 25.1 Å². The molecule has 0 unspecified atom stereocenters. The van der Waals surface area contributed by atoms with Crippen LogP contribution >= 0.6 is 11.3 Å². The minimum atomic E-state index is -3.78. The summed E-state index contributed by atoms with van der Waals surface area (Å²) in [5.74, 6) is -0.284. The number of hydrogen-bond acceptors (Lipinski definition) is 8. The number of hydrogen-bond donors (Lipinski definition) is 1. The highest BCUT2D eigenvalue weighted by Crippen LogP contribution is 2.31. The molecule has 2 aromatic carbocycles. The van der Waals surface area contributed by atoms with E-state index in [9.17, 15) is 18.0 Å². The molecule has 3 heterocycles. The van der Waals surface area contributed by atoms with Crippen LogP contribution in [0.5, 0.6) is 5.75 Å². The molecule has 1 aliphatic heterocycles. The zero-order valence-corrected chi connectivity index (χ0v) is 20.8. The van der Waals surface area contributed by atoms with Crippen molar-refractivity contribution in [3.63, 3.8) is 0 Å². The van der Waals surface area contributed by atoms with Crippen LogP contribution in [0.1, 0.15) is 19.8 Å². The largest absolute Gasteiger partial charge is 0.494 e. The highest BCUT2D eigenvalue weighted by atomic mass is 32.2. The summed E-state index contributed by atoms with van der Waals surface area (Å²) in [4.78, 5) is 29.1. The van der Waals surface area contributed by atoms with Crippen molar-refractivity contribution in [3.8, 4) is 5.75 Å². The van der Waals surface area contributed by atoms with Gasteiger partial charge in [-0.2, -0.15) is 4.31 Å². The summed E-state index contributed by atoms with van der Waals surface area (Å²) < 4.78 is 40.5. The van der Waals surface area contributed by atoms with Crippen LogP contribution in [0.4, 0.5) is 5.13 Å². The van der Waals surface area contributed by atoms with Crippen molar-refractivity contribution in [3.05, 3.63) is 46.9 Å². The van der Waals surface area contributed by atoms with Crippen LogP contribution in [0.25, 0.3) is 21.3 Å². The third kappa shape index (κ3) is 4.44. The number of carbonyl (C=O) groups is 1. The summed E-state index contributed by atoms with van der Waals surface area (Å²) in [6.07, 6.45) is 0.792. The maximum Gasteiger partial charge on any atom is 0.419 e. The Bertz CT molecular complexity index is 1580. The molecule has 0 atom stereocenters. The van der Waals surface area contributed by atoms with Crippen molar-refractivity contribution in [2.75, 3.05) is 25.0 Å². The molecule has 0 radical (unpaired) electrons. The number of sulfonamides is 1. The molecule has 0 aliphatic carbocycles. The van der Waals surface area contributed by atoms with Gasteiger partial charge in [-0.05, 0) is 50.1 Å². The Kier molecular flexibility index (Phi) is 6.11. The van der Waals surface area contributed by atoms with Gasteiger partial charge >= 0.3 is 5.76 Å². The molecule has 1 fully saturated rings. The summed E-state index contributed by atoms with van der Waals surface area (Å²) in [6.45, 7) is 2.92. The molecule has 1 aliphatic rings. The summed E-state index contributed by atoms with van der Waals surface area (Å²) >= 11 is 1.37. The lowest BCUT2D eigenvalue weighted by atomic mass is 9.97. The summed E-state index contributed by atoms with van der Waals surface area (Å²) in [5.41, 5.74) is 1.52. The van der Waals surface area contributed by atoms with Gasteiger partial charge in [0.25, 0.3) is 0 Å². The van der Waals surface area contributed by atoms with Gasteiger partial charge < -0.3 is 14.5 Å². The molecule has 1 saturated heterocycles. The summed E-state index contributed by atoms with van der Waals surface area (Å²) in [6, 6.07) is 9.99. The standard InChI is InChI=1S/C23H24N4O6S2/c1-3-32-15-4-6-17-20(12-15)34-22(24-17)25-21(28)14-8-10-27(11-9-14)35(30,31)16-5-7-18-19(13-16)33-23(29)26(18)2/h4-7,12-14H,3,8-11H2,1-2H3,(H,24,25,28). The zero-order chi connectivity index (χ0) is 24.7. The molecule has 2 aromatic heterocycles. The fourth-order valence-electron chi connectivity index (χ4n) is 4.20. The van der Waals surface area contributed by atoms with Gasteiger partial charge in [0.2, 0.25) is 15.9 Å². The molecule has 0 saturated carbocycles. The maximum absolute atomic E-state index is 13.1. The molecule has 1 amide bonds. The van der Waals surface area contributed by atoms with Crippen LogP contribution in [0.15, 0.2) is 50.5 Å². The van der Waals surface area contributed by atoms with Crippen LogP contribution in [-0.4, -0.2) is 47.9 Å². The number of nitrogens with zero attached hydrogens (tertiary/aromatic N) is 3. The quantitative estimate of drug-likeness (QED) is 0.417. The number of rotatable bonds is 6. The summed E-state index contributed by atoms with van der Waals surface area (Å²) in [7, 11) is -2.22. The molecule has 1 N–H and O–H groups in total. The molecule has 184 valence electrons. The number of nitrogens with one attached hydrogen (secondary N) is 1. The number of aromatic nitrogens is 2. The molecule has 35 heavy (non-hydrogen) atoms. The van der Waals surface area contributed by atoms with E-state index >= 15 is 0 Å². The minimum absolute atomic E-state index is 0.0585. The highest BCUT2D eigenvalue weighted by Gasteiger charge is 2.33. The normalized spacial score (nSPS) is 15.6. The molecule has 4 aromatic rings. The van der Waals surface area contributed by atoms with Crippen molar-refractivity contribution < 1.29 is 22.4 Å². The lowest BCUT2D eigenvalue weighted by Gasteiger charge is -2.30. The second kappa shape index (κ2) is 9.10. The lowest BCUT2D eigenvalue weighted by molar-refractivity contribution is -0.120. The van der Waals surface area contributed by atoms with Gasteiger partial charge in [-0.1, -0.05) is 11.3 Å². The van der Waals surface area contributed by atoms with E-state index in [1.165, 1.54) is 32.3 Å². The summed E-state index contributed by atoms with van der Waals surface area (Å²) in [5, 5.41) is 3.39. The van der Waals surface area contributed by atoms with Crippen LogP contribution in [0, 0.1) is 5.92 Å². The number of anilines is 1. The van der Waals surface area contributed by atoms with Crippen molar-refractivity contribution in [1.82, 2.24) is 13.9 Å². The molecule has 0 spiro atoms. The number of thiazole rings is 1. The predicted molar refractivity (Wildman–Crippen MR) is 132 cm³/mol. The van der Waals surface area contributed by atoms with E-state index in [0.29, 0.717) is 30.1 Å². The topological polar surface area (TPSA) is 124 Å². The Hall–Kier alpha value is -3.22. The van der Waals surface area contributed by atoms with E-state index in [2.05, 4.69) is 10.3 Å². The van der Waals surface area contributed by atoms with Crippen LogP contribution < -0.4 is 15.8 Å². The van der Waals surface area contributed by atoms with Crippen molar-refractivity contribution in [2.24, 2.45) is 13.0 Å². The maximum atomic E-state index is 13.1. The average molecular weight is 517 g/mol. The molecule has 12 heteroatoms. The fraction of sp³-hybridized carbons (Fsp3) is 0.348. The monoisotopic (exact) mass is 516 g/mol. The van der Waals surface area contributed by atoms with Crippen LogP contribution in [0.2, 0.25) is 0 Å². The van der Waals surface area contributed by atoms with E-state index in [4.69, 9.17) is 9.15 Å². The van der Waals surface area contributed by atoms with Crippen LogP contribution in [0.3, 0.4) is 0 Å². The number of amides is 1. The first kappa shape index (κ1) is 23.5. The van der Waals surface area contributed by atoms with E-state index < -0.39 is 15.8 Å². The van der Waals surface area contributed by atoms with Gasteiger partial charge in [-0.15, -0.1) is 0 Å². The van der Waals surface area contributed by atoms with Gasteiger partial charge in [0, 0.05) is 32.1 Å². The number of benzene rings is 2. The Labute approximate surface area is 205 Å². The van der Waals surface area contributed by atoms with Gasteiger partial charge in [0.05, 0.1) is 27.2 Å². The number of ether oxygens (including phenoxy) is 1. The van der Waals surface area contributed by atoms with E-state index in [1.54, 1.807) is 13.1 Å². The SMILES string of the molecule is CCOc1ccc2nc(NC(=O)C3CCN(S(=O)(=O)c4ccc5c(c4)oc(=O)n5C)CC3)sc2c1. The van der Waals surface area contributed by atoms with Crippen molar-refractivity contribution in [1.29, 1.82) is 0 Å². The lowest BCUT2D eigenvalue weighted by Crippen LogP contribution is -2.41. The number of carbonyl (C=O) groups excluding carboxylic acids is 1. The Morgan fingerprint density at radius 3 is 2.74 bits per heavy atom. The van der Waals surface area contributed by atoms with Gasteiger partial charge in [0.15, 0.2) is 10.7 Å². The van der Waals surface area contributed by atoms with Crippen molar-refractivity contribution >= 4 is 53.7 Å². The van der Waals surface area contributed by atoms with Gasteiger partial charge in [-0.25, -0.2) is 18.2 Å². The first-order valence-corrected chi connectivity index (χ1v) is 13.5. The van der Waals surface area contributed by atoms with Crippen molar-refractivity contribution in [2.45, 2.75) is 24.7 Å². The third-order valence-corrected chi connectivity index (χ3v) is 8.96. The van der Waals surface area contributed by atoms with Gasteiger partial charge in [-0.3, -0.25) is 9.36 Å². The number of fused-ring (bicyclic) bond motifs is 2. The highest BCUT2D eigenvalue weighted by molar-refractivity contribution is 7.89. The Morgan fingerprint density at radius 1 is 1.23 bits per heavy atom. The number of oxazole rings is 1. The second-order valence-corrected chi connectivity index (χ2v) is 11.3. The van der Waals surface area contributed by atoms with E-state index in [0.717, 1.165) is 16.0 Å². The molecule has 10 nitrogen and oxygen atoms in total. The zero-order valence-electron chi connectivity index (χ0n) is 19.2. The molecule has 5 rings (SSSR count). The average Bonchev–Trinajstić information content (AvgIpc) is 3.37. The smallest absolute Gasteiger partial charge is 0.419 e. The molecule has 0 bridgehead atoms. The second-order valence-electron chi connectivity index (χ2n) is 8.31. The number of aryl methyl sites for hydroxylation is 1. The van der Waals surface area contributed by atoms with E-state index in [-0.39, 0.29) is 35.4 Å². The van der Waals surface area contributed by atoms with Gasteiger partial charge in [0.1, 0.15) is 5.75 Å². The number of piperidine rings is 1. The molecular formula is C23H24N4O6S2.